The molecule has 1 amide bonds. The van der Waals surface area contributed by atoms with Gasteiger partial charge in [-0.15, -0.1) is 0 Å². The molecule has 18 heavy (non-hydrogen) atoms. The fourth-order valence-corrected chi connectivity index (χ4v) is 2.91. The first kappa shape index (κ1) is 13.8. The molecule has 2 atom stereocenters. The van der Waals surface area contributed by atoms with Crippen molar-refractivity contribution in [3.8, 4) is 0 Å². The van der Waals surface area contributed by atoms with Crippen LogP contribution >= 0.6 is 0 Å². The summed E-state index contributed by atoms with van der Waals surface area (Å²) in [6, 6.07) is -0.244. The summed E-state index contributed by atoms with van der Waals surface area (Å²) in [6.45, 7) is 3.36. The lowest BCUT2D eigenvalue weighted by Crippen LogP contribution is -2.52. The quantitative estimate of drug-likeness (QED) is 0.662. The van der Waals surface area contributed by atoms with E-state index in [1.165, 1.54) is 0 Å². The summed E-state index contributed by atoms with van der Waals surface area (Å²) >= 11 is 0. The summed E-state index contributed by atoms with van der Waals surface area (Å²) in [5.74, 6) is -0.0489. The van der Waals surface area contributed by atoms with Gasteiger partial charge in [-0.05, 0) is 19.8 Å². The average molecular weight is 256 g/mol. The molecule has 0 bridgehead atoms. The van der Waals surface area contributed by atoms with Crippen molar-refractivity contribution < 1.29 is 14.6 Å². The maximum atomic E-state index is 12.2. The van der Waals surface area contributed by atoms with E-state index in [1.807, 2.05) is 6.92 Å². The molecule has 0 aromatic carbocycles. The van der Waals surface area contributed by atoms with Crippen LogP contribution in [0.15, 0.2) is 0 Å². The van der Waals surface area contributed by atoms with Gasteiger partial charge < -0.3 is 20.9 Å². The van der Waals surface area contributed by atoms with Crippen molar-refractivity contribution >= 4 is 5.91 Å². The molecule has 1 aliphatic heterocycles. The van der Waals surface area contributed by atoms with E-state index >= 15 is 0 Å². The molecule has 5 heteroatoms. The highest BCUT2D eigenvalue weighted by atomic mass is 16.5. The largest absolute Gasteiger partial charge is 0.396 e. The van der Waals surface area contributed by atoms with Gasteiger partial charge in [0, 0.05) is 18.0 Å². The Labute approximate surface area is 108 Å². The molecule has 1 saturated carbocycles. The third-order valence-corrected chi connectivity index (χ3v) is 4.66. The number of nitrogens with one attached hydrogen (secondary N) is 1. The summed E-state index contributed by atoms with van der Waals surface area (Å²) in [4.78, 5) is 12.2. The summed E-state index contributed by atoms with van der Waals surface area (Å²) in [5, 5.41) is 12.5. The molecule has 0 spiro atoms. The van der Waals surface area contributed by atoms with Crippen molar-refractivity contribution in [3.05, 3.63) is 0 Å². The number of nitrogens with two attached hydrogens (primary N) is 1. The number of carbonyl (C=O) groups is 1. The van der Waals surface area contributed by atoms with Crippen molar-refractivity contribution in [2.45, 2.75) is 38.6 Å². The standard InChI is InChI=1S/C13H24N2O3/c1-12(9-18-6-10(12)14)11(17)15-7-13(8-16)4-2-3-5-13/h10,16H,2-9,14H2,1H3,(H,15,17). The zero-order valence-electron chi connectivity index (χ0n) is 11.1. The second-order valence-corrected chi connectivity index (χ2v) is 6.09. The topological polar surface area (TPSA) is 84.6 Å². The highest BCUT2D eigenvalue weighted by Gasteiger charge is 2.45. The van der Waals surface area contributed by atoms with Crippen LogP contribution in [0.1, 0.15) is 32.6 Å². The maximum Gasteiger partial charge on any atom is 0.229 e. The minimum atomic E-state index is -0.630. The highest BCUT2D eigenvalue weighted by molar-refractivity contribution is 5.83. The van der Waals surface area contributed by atoms with Gasteiger partial charge >= 0.3 is 0 Å². The number of rotatable bonds is 4. The number of aliphatic hydroxyl groups is 1. The molecule has 104 valence electrons. The van der Waals surface area contributed by atoms with E-state index in [0.29, 0.717) is 19.8 Å². The van der Waals surface area contributed by atoms with E-state index in [2.05, 4.69) is 5.32 Å². The summed E-state index contributed by atoms with van der Waals surface area (Å²) in [5.41, 5.74) is 5.18. The average Bonchev–Trinajstić information content (AvgIpc) is 2.96. The van der Waals surface area contributed by atoms with Crippen LogP contribution in [0, 0.1) is 10.8 Å². The second-order valence-electron chi connectivity index (χ2n) is 6.09. The first-order valence-corrected chi connectivity index (χ1v) is 6.75. The second kappa shape index (κ2) is 5.15. The van der Waals surface area contributed by atoms with E-state index in [1.54, 1.807) is 0 Å². The van der Waals surface area contributed by atoms with E-state index in [-0.39, 0.29) is 24.0 Å². The Balaban J connectivity index is 1.91. The molecule has 0 aromatic rings. The Bertz CT molecular complexity index is 315. The minimum Gasteiger partial charge on any atom is -0.396 e. The lowest BCUT2D eigenvalue weighted by atomic mass is 9.83. The van der Waals surface area contributed by atoms with Crippen LogP contribution in [-0.4, -0.2) is 43.4 Å². The summed E-state index contributed by atoms with van der Waals surface area (Å²) in [7, 11) is 0. The molecule has 0 radical (unpaired) electrons. The van der Waals surface area contributed by atoms with Crippen LogP contribution in [0.25, 0.3) is 0 Å². The van der Waals surface area contributed by atoms with Crippen molar-refractivity contribution in [1.82, 2.24) is 5.32 Å². The Morgan fingerprint density at radius 1 is 1.50 bits per heavy atom. The van der Waals surface area contributed by atoms with Crippen molar-refractivity contribution in [1.29, 1.82) is 0 Å². The number of amides is 1. The van der Waals surface area contributed by atoms with Gasteiger partial charge in [-0.3, -0.25) is 4.79 Å². The number of ether oxygens (including phenoxy) is 1. The predicted octanol–water partition coefficient (Wildman–Crippen LogP) is 0.0191. The van der Waals surface area contributed by atoms with Crippen LogP contribution in [0.4, 0.5) is 0 Å². The van der Waals surface area contributed by atoms with E-state index in [9.17, 15) is 9.90 Å². The van der Waals surface area contributed by atoms with Gasteiger partial charge in [0.05, 0.1) is 25.2 Å². The van der Waals surface area contributed by atoms with Gasteiger partial charge in [0.2, 0.25) is 5.91 Å². The van der Waals surface area contributed by atoms with Crippen molar-refractivity contribution in [3.63, 3.8) is 0 Å². The Morgan fingerprint density at radius 3 is 2.67 bits per heavy atom. The van der Waals surface area contributed by atoms with Crippen LogP contribution in [0.2, 0.25) is 0 Å². The zero-order valence-corrected chi connectivity index (χ0v) is 11.1. The third-order valence-electron chi connectivity index (χ3n) is 4.66. The van der Waals surface area contributed by atoms with Crippen LogP contribution in [0.3, 0.4) is 0 Å². The normalized spacial score (nSPS) is 34.7. The monoisotopic (exact) mass is 256 g/mol. The Hall–Kier alpha value is -0.650. The molecule has 2 unspecified atom stereocenters. The van der Waals surface area contributed by atoms with Gasteiger partial charge in [-0.2, -0.15) is 0 Å². The molecule has 4 N–H and O–H groups in total. The van der Waals surface area contributed by atoms with E-state index < -0.39 is 5.41 Å². The van der Waals surface area contributed by atoms with Gasteiger partial charge in [-0.1, -0.05) is 12.8 Å². The first-order valence-electron chi connectivity index (χ1n) is 6.75. The van der Waals surface area contributed by atoms with E-state index in [0.717, 1.165) is 25.7 Å². The number of hydrogen-bond donors (Lipinski definition) is 3. The fourth-order valence-electron chi connectivity index (χ4n) is 2.91. The van der Waals surface area contributed by atoms with Crippen molar-refractivity contribution in [2.75, 3.05) is 26.4 Å². The van der Waals surface area contributed by atoms with Gasteiger partial charge in [-0.25, -0.2) is 0 Å². The van der Waals surface area contributed by atoms with Gasteiger partial charge in [0.15, 0.2) is 0 Å². The molecular weight excluding hydrogens is 232 g/mol. The first-order chi connectivity index (χ1) is 8.52. The predicted molar refractivity (Wildman–Crippen MR) is 67.9 cm³/mol. The Kier molecular flexibility index (Phi) is 3.94. The highest BCUT2D eigenvalue weighted by Crippen LogP contribution is 2.37. The molecule has 2 fully saturated rings. The van der Waals surface area contributed by atoms with E-state index in [4.69, 9.17) is 10.5 Å². The van der Waals surface area contributed by atoms with Gasteiger partial charge in [0.25, 0.3) is 0 Å². The molecule has 1 heterocycles. The van der Waals surface area contributed by atoms with Crippen LogP contribution in [0.5, 0.6) is 0 Å². The van der Waals surface area contributed by atoms with Crippen molar-refractivity contribution in [2.24, 2.45) is 16.6 Å². The fraction of sp³-hybridized carbons (Fsp3) is 0.923. The van der Waals surface area contributed by atoms with Gasteiger partial charge in [0.1, 0.15) is 0 Å². The smallest absolute Gasteiger partial charge is 0.229 e. The van der Waals surface area contributed by atoms with Crippen LogP contribution < -0.4 is 11.1 Å². The molecule has 2 aliphatic rings. The molecular formula is C13H24N2O3. The molecule has 1 aliphatic carbocycles. The lowest BCUT2D eigenvalue weighted by molar-refractivity contribution is -0.131. The SMILES string of the molecule is CC1(C(=O)NCC2(CO)CCCC2)COCC1N. The number of aliphatic hydroxyl groups excluding tert-OH is 1. The lowest BCUT2D eigenvalue weighted by Gasteiger charge is -2.31. The number of carbonyl (C=O) groups excluding carboxylic acids is 1. The molecule has 2 rings (SSSR count). The maximum absolute atomic E-state index is 12.2. The molecule has 5 nitrogen and oxygen atoms in total. The number of hydrogen-bond acceptors (Lipinski definition) is 4. The minimum absolute atomic E-state index is 0.0489. The van der Waals surface area contributed by atoms with Crippen LogP contribution in [-0.2, 0) is 9.53 Å². The third kappa shape index (κ3) is 2.39. The molecule has 1 saturated heterocycles. The Morgan fingerprint density at radius 2 is 2.17 bits per heavy atom. The summed E-state index contributed by atoms with van der Waals surface area (Å²) in [6.07, 6.45) is 4.25. The summed E-state index contributed by atoms with van der Waals surface area (Å²) < 4.78 is 5.28. The molecule has 0 aromatic heterocycles. The zero-order chi connectivity index (χ0) is 13.2.